The molecule has 0 spiro atoms. The number of thiophene rings is 1. The fraction of sp³-hybridized carbons (Fsp3) is 0.545. The largest absolute Gasteiger partial charge is 0.352 e. The molecule has 16 heavy (non-hydrogen) atoms. The van der Waals surface area contributed by atoms with Crippen LogP contribution in [-0.2, 0) is 4.79 Å². The Morgan fingerprint density at radius 3 is 2.81 bits per heavy atom. The number of alkyl halides is 1. The maximum absolute atomic E-state index is 11.9. The molecular formula is C11H13BrClNOS. The molecule has 2 rings (SSSR count). The number of hydrogen-bond acceptors (Lipinski definition) is 2. The number of nitrogens with one attached hydrogen (secondary N) is 1. The number of carbonyl (C=O) groups is 1. The second-order valence-electron chi connectivity index (χ2n) is 3.99. The summed E-state index contributed by atoms with van der Waals surface area (Å²) in [5.74, 6) is -0.0725. The molecule has 1 amide bonds. The highest BCUT2D eigenvalue weighted by atomic mass is 79.9. The van der Waals surface area contributed by atoms with Crippen LogP contribution >= 0.6 is 38.9 Å². The van der Waals surface area contributed by atoms with Gasteiger partial charge in [-0.2, -0.15) is 0 Å². The van der Waals surface area contributed by atoms with Gasteiger partial charge in [0.25, 0.3) is 0 Å². The van der Waals surface area contributed by atoms with Gasteiger partial charge >= 0.3 is 0 Å². The van der Waals surface area contributed by atoms with Crippen molar-refractivity contribution in [3.63, 3.8) is 0 Å². The van der Waals surface area contributed by atoms with E-state index in [2.05, 4.69) is 21.2 Å². The smallest absolute Gasteiger partial charge is 0.243 e. The molecule has 0 aliphatic heterocycles. The van der Waals surface area contributed by atoms with Crippen LogP contribution in [0.3, 0.4) is 0 Å². The van der Waals surface area contributed by atoms with Crippen molar-refractivity contribution in [1.82, 2.24) is 5.32 Å². The van der Waals surface area contributed by atoms with Crippen LogP contribution in [0.5, 0.6) is 0 Å². The molecule has 1 unspecified atom stereocenters. The molecular weight excluding hydrogens is 310 g/mol. The van der Waals surface area contributed by atoms with E-state index in [1.165, 1.54) is 24.2 Å². The predicted octanol–water partition coefficient (Wildman–Crippen LogP) is 3.85. The second-order valence-corrected chi connectivity index (χ2v) is 6.22. The SMILES string of the molecule is O=C(NC1CCCC1)C(Cl)c1sccc1Br. The van der Waals surface area contributed by atoms with Crippen molar-refractivity contribution in [2.45, 2.75) is 37.1 Å². The van der Waals surface area contributed by atoms with Crippen LogP contribution in [0.2, 0.25) is 0 Å². The van der Waals surface area contributed by atoms with Gasteiger partial charge in [-0.15, -0.1) is 22.9 Å². The van der Waals surface area contributed by atoms with Gasteiger partial charge in [-0.25, -0.2) is 0 Å². The Morgan fingerprint density at radius 2 is 2.25 bits per heavy atom. The standard InChI is InChI=1S/C11H13BrClNOS/c12-8-5-6-16-10(8)9(13)11(15)14-7-3-1-2-4-7/h5-7,9H,1-4H2,(H,14,15). The van der Waals surface area contributed by atoms with E-state index in [9.17, 15) is 4.79 Å². The van der Waals surface area contributed by atoms with E-state index in [0.29, 0.717) is 6.04 Å². The van der Waals surface area contributed by atoms with Crippen LogP contribution in [0, 0.1) is 0 Å². The average Bonchev–Trinajstić information content (AvgIpc) is 2.88. The molecule has 0 saturated heterocycles. The monoisotopic (exact) mass is 321 g/mol. The number of halogens is 2. The summed E-state index contributed by atoms with van der Waals surface area (Å²) in [6.07, 6.45) is 4.59. The molecule has 1 saturated carbocycles. The third-order valence-corrected chi connectivity index (χ3v) is 5.29. The third-order valence-electron chi connectivity index (χ3n) is 2.81. The zero-order valence-electron chi connectivity index (χ0n) is 8.71. The molecule has 0 bridgehead atoms. The van der Waals surface area contributed by atoms with Crippen LogP contribution < -0.4 is 5.32 Å². The Kier molecular flexibility index (Phi) is 4.27. The zero-order valence-corrected chi connectivity index (χ0v) is 11.9. The van der Waals surface area contributed by atoms with E-state index in [1.54, 1.807) is 0 Å². The summed E-state index contributed by atoms with van der Waals surface area (Å²) in [7, 11) is 0. The maximum Gasteiger partial charge on any atom is 0.243 e. The molecule has 1 fully saturated rings. The highest BCUT2D eigenvalue weighted by molar-refractivity contribution is 9.10. The molecule has 88 valence electrons. The molecule has 1 aromatic rings. The topological polar surface area (TPSA) is 29.1 Å². The fourth-order valence-corrected chi connectivity index (χ4v) is 3.99. The first-order chi connectivity index (χ1) is 7.68. The Hall–Kier alpha value is -0.0600. The molecule has 1 atom stereocenters. The molecule has 0 radical (unpaired) electrons. The molecule has 2 nitrogen and oxygen atoms in total. The molecule has 0 aromatic carbocycles. The fourth-order valence-electron chi connectivity index (χ4n) is 1.95. The lowest BCUT2D eigenvalue weighted by Gasteiger charge is -2.14. The molecule has 1 heterocycles. The summed E-state index contributed by atoms with van der Waals surface area (Å²) < 4.78 is 0.916. The summed E-state index contributed by atoms with van der Waals surface area (Å²) in [5.41, 5.74) is 0. The second kappa shape index (κ2) is 5.52. The van der Waals surface area contributed by atoms with Crippen molar-refractivity contribution < 1.29 is 4.79 Å². The molecule has 1 aromatic heterocycles. The maximum atomic E-state index is 11.9. The molecule has 1 aliphatic rings. The third kappa shape index (κ3) is 2.79. The number of hydrogen-bond donors (Lipinski definition) is 1. The molecule has 1 N–H and O–H groups in total. The van der Waals surface area contributed by atoms with Gasteiger partial charge in [0.05, 0.1) is 0 Å². The Bertz CT molecular complexity index is 376. The first kappa shape index (κ1) is 12.4. The summed E-state index contributed by atoms with van der Waals surface area (Å²) in [6.45, 7) is 0. The van der Waals surface area contributed by atoms with E-state index >= 15 is 0 Å². The van der Waals surface area contributed by atoms with Gasteiger partial charge in [0.15, 0.2) is 0 Å². The Balaban J connectivity index is 1.96. The van der Waals surface area contributed by atoms with Gasteiger partial charge in [-0.3, -0.25) is 4.79 Å². The summed E-state index contributed by atoms with van der Waals surface area (Å²) in [4.78, 5) is 12.8. The summed E-state index contributed by atoms with van der Waals surface area (Å²) in [5, 5.41) is 4.36. The van der Waals surface area contributed by atoms with Crippen LogP contribution in [0.15, 0.2) is 15.9 Å². The Morgan fingerprint density at radius 1 is 1.56 bits per heavy atom. The number of rotatable bonds is 3. The molecule has 1 aliphatic carbocycles. The van der Waals surface area contributed by atoms with Crippen molar-refractivity contribution in [3.8, 4) is 0 Å². The molecule has 5 heteroatoms. The van der Waals surface area contributed by atoms with E-state index in [-0.39, 0.29) is 5.91 Å². The van der Waals surface area contributed by atoms with Gasteiger partial charge in [0, 0.05) is 15.4 Å². The van der Waals surface area contributed by atoms with Crippen molar-refractivity contribution in [3.05, 3.63) is 20.8 Å². The minimum Gasteiger partial charge on any atom is -0.352 e. The minimum absolute atomic E-state index is 0.0725. The first-order valence-corrected chi connectivity index (χ1v) is 7.46. The van der Waals surface area contributed by atoms with Crippen molar-refractivity contribution >= 4 is 44.8 Å². The number of carbonyl (C=O) groups excluding carboxylic acids is 1. The van der Waals surface area contributed by atoms with Crippen LogP contribution in [0.25, 0.3) is 0 Å². The number of amides is 1. The van der Waals surface area contributed by atoms with E-state index in [4.69, 9.17) is 11.6 Å². The van der Waals surface area contributed by atoms with Crippen LogP contribution in [0.1, 0.15) is 35.9 Å². The Labute approximate surface area is 113 Å². The van der Waals surface area contributed by atoms with E-state index in [1.807, 2.05) is 11.4 Å². The van der Waals surface area contributed by atoms with Crippen molar-refractivity contribution in [1.29, 1.82) is 0 Å². The summed E-state index contributed by atoms with van der Waals surface area (Å²) >= 11 is 11.0. The van der Waals surface area contributed by atoms with Gasteiger partial charge in [-0.1, -0.05) is 12.8 Å². The highest BCUT2D eigenvalue weighted by Gasteiger charge is 2.25. The first-order valence-electron chi connectivity index (χ1n) is 5.36. The van der Waals surface area contributed by atoms with Crippen molar-refractivity contribution in [2.75, 3.05) is 0 Å². The van der Waals surface area contributed by atoms with Gasteiger partial charge in [-0.05, 0) is 40.2 Å². The lowest BCUT2D eigenvalue weighted by atomic mass is 10.2. The lowest BCUT2D eigenvalue weighted by Crippen LogP contribution is -2.34. The predicted molar refractivity (Wildman–Crippen MR) is 71.0 cm³/mol. The summed E-state index contributed by atoms with van der Waals surface area (Å²) in [6, 6.07) is 2.24. The van der Waals surface area contributed by atoms with Crippen molar-refractivity contribution in [2.24, 2.45) is 0 Å². The van der Waals surface area contributed by atoms with Gasteiger partial charge in [0.2, 0.25) is 5.91 Å². The quantitative estimate of drug-likeness (QED) is 0.842. The normalized spacial score (nSPS) is 18.6. The average molecular weight is 323 g/mol. The minimum atomic E-state index is -0.574. The van der Waals surface area contributed by atoms with Crippen LogP contribution in [-0.4, -0.2) is 11.9 Å². The van der Waals surface area contributed by atoms with Crippen LogP contribution in [0.4, 0.5) is 0 Å². The lowest BCUT2D eigenvalue weighted by molar-refractivity contribution is -0.121. The highest BCUT2D eigenvalue weighted by Crippen LogP contribution is 2.33. The van der Waals surface area contributed by atoms with E-state index < -0.39 is 5.38 Å². The van der Waals surface area contributed by atoms with Gasteiger partial charge < -0.3 is 5.32 Å². The van der Waals surface area contributed by atoms with Gasteiger partial charge in [0.1, 0.15) is 5.38 Å². The zero-order chi connectivity index (χ0) is 11.5. The van der Waals surface area contributed by atoms with E-state index in [0.717, 1.165) is 22.2 Å².